The fourth-order valence-electron chi connectivity index (χ4n) is 10.2. The van der Waals surface area contributed by atoms with Crippen LogP contribution in [-0.2, 0) is 7.05 Å². The van der Waals surface area contributed by atoms with Crippen molar-refractivity contribution in [3.8, 4) is 0 Å². The summed E-state index contributed by atoms with van der Waals surface area (Å²) in [5, 5.41) is 0. The van der Waals surface area contributed by atoms with Crippen molar-refractivity contribution in [3.05, 3.63) is 32.1 Å². The number of nitrogens with zero attached hydrogens (tertiary/aromatic N) is 3. The number of rotatable bonds is 0. The van der Waals surface area contributed by atoms with Gasteiger partial charge in [0.25, 0.3) is 0 Å². The van der Waals surface area contributed by atoms with Crippen molar-refractivity contribution < 1.29 is 0 Å². The summed E-state index contributed by atoms with van der Waals surface area (Å²) in [5.74, 6) is 5.98. The van der Waals surface area contributed by atoms with Crippen molar-refractivity contribution >= 4 is 0 Å². The Morgan fingerprint density at radius 1 is 0.643 bits per heavy atom. The first-order valence-electron chi connectivity index (χ1n) is 11.8. The highest BCUT2D eigenvalue weighted by atomic mass is 16.2. The Balaban J connectivity index is 1.47. The molecule has 0 radical (unpaired) electrons. The zero-order chi connectivity index (χ0) is 18.5. The second kappa shape index (κ2) is 4.62. The van der Waals surface area contributed by atoms with E-state index in [-0.39, 0.29) is 23.5 Å². The van der Waals surface area contributed by atoms with E-state index in [0.717, 1.165) is 23.7 Å². The van der Waals surface area contributed by atoms with E-state index in [0.29, 0.717) is 23.7 Å². The molecule has 5 nitrogen and oxygen atoms in total. The molecular weight excluding hydrogens is 350 g/mol. The molecule has 0 unspecified atom stereocenters. The summed E-state index contributed by atoms with van der Waals surface area (Å²) < 4.78 is 5.39. The van der Waals surface area contributed by atoms with Gasteiger partial charge in [-0.3, -0.25) is 0 Å². The highest BCUT2D eigenvalue weighted by molar-refractivity contribution is 5.41. The monoisotopic (exact) mass is 379 g/mol. The van der Waals surface area contributed by atoms with E-state index in [1.54, 1.807) is 18.2 Å². The summed E-state index contributed by atoms with van der Waals surface area (Å²) in [7, 11) is 1.70. The maximum atomic E-state index is 13.3. The Bertz CT molecular complexity index is 991. The molecule has 0 N–H and O–H groups in total. The van der Waals surface area contributed by atoms with Gasteiger partial charge in [-0.25, -0.2) is 23.5 Å². The molecule has 7 aliphatic rings. The number of hydrogen-bond donors (Lipinski definition) is 0. The molecule has 10 atom stereocenters. The summed E-state index contributed by atoms with van der Waals surface area (Å²) in [5.41, 5.74) is 3.27. The van der Waals surface area contributed by atoms with Crippen LogP contribution >= 0.6 is 0 Å². The van der Waals surface area contributed by atoms with E-state index in [1.807, 2.05) is 9.36 Å². The first-order valence-corrected chi connectivity index (χ1v) is 11.8. The van der Waals surface area contributed by atoms with E-state index in [4.69, 9.17) is 0 Å². The molecule has 1 aromatic heterocycles. The maximum Gasteiger partial charge on any atom is 0.347 e. The van der Waals surface area contributed by atoms with E-state index in [9.17, 15) is 9.59 Å². The average Bonchev–Trinajstić information content (AvgIpc) is 3.46. The molecule has 6 fully saturated rings. The first kappa shape index (κ1) is 15.3. The molecule has 148 valence electrons. The van der Waals surface area contributed by atoms with Crippen LogP contribution in [0.15, 0.2) is 20.7 Å². The highest BCUT2D eigenvalue weighted by Crippen LogP contribution is 2.71. The summed E-state index contributed by atoms with van der Waals surface area (Å²) in [4.78, 5) is 26.6. The molecule has 6 aliphatic carbocycles. The molecule has 0 saturated heterocycles. The van der Waals surface area contributed by atoms with Crippen molar-refractivity contribution in [1.29, 1.82) is 0 Å². The molecule has 0 aromatic carbocycles. The average molecular weight is 380 g/mol. The van der Waals surface area contributed by atoms with Crippen LogP contribution < -0.4 is 11.4 Å². The van der Waals surface area contributed by atoms with E-state index in [2.05, 4.69) is 0 Å². The maximum absolute atomic E-state index is 13.3. The van der Waals surface area contributed by atoms with Gasteiger partial charge >= 0.3 is 11.4 Å². The largest absolute Gasteiger partial charge is 0.347 e. The van der Waals surface area contributed by atoms with Crippen LogP contribution in [0.5, 0.6) is 0 Å². The Morgan fingerprint density at radius 2 is 1.07 bits per heavy atom. The smallest absolute Gasteiger partial charge is 0.246 e. The van der Waals surface area contributed by atoms with Crippen LogP contribution in [0.1, 0.15) is 63.5 Å². The lowest BCUT2D eigenvalue weighted by molar-refractivity contribution is 0.225. The lowest BCUT2D eigenvalue weighted by Crippen LogP contribution is -2.41. The second-order valence-corrected chi connectivity index (χ2v) is 11.1. The number of hydrogen-bond acceptors (Lipinski definition) is 2. The fourth-order valence-corrected chi connectivity index (χ4v) is 10.2. The molecule has 6 saturated carbocycles. The van der Waals surface area contributed by atoms with Crippen LogP contribution in [0.3, 0.4) is 0 Å². The molecule has 1 aromatic rings. The lowest BCUT2D eigenvalue weighted by Gasteiger charge is -2.36. The fraction of sp³-hybridized carbons (Fsp3) is 0.826. The third-order valence-corrected chi connectivity index (χ3v) is 10.8. The van der Waals surface area contributed by atoms with Gasteiger partial charge in [-0.15, -0.1) is 0 Å². The zero-order valence-corrected chi connectivity index (χ0v) is 16.6. The normalized spacial score (nSPS) is 51.5. The molecule has 0 amide bonds. The second-order valence-electron chi connectivity index (χ2n) is 11.1. The van der Waals surface area contributed by atoms with Gasteiger partial charge in [0.15, 0.2) is 0 Å². The van der Waals surface area contributed by atoms with Gasteiger partial charge in [-0.2, -0.15) is 0 Å². The van der Waals surface area contributed by atoms with Gasteiger partial charge in [0.05, 0.1) is 12.1 Å². The predicted molar refractivity (Wildman–Crippen MR) is 104 cm³/mol. The Hall–Kier alpha value is -1.52. The summed E-state index contributed by atoms with van der Waals surface area (Å²) in [6, 6.07) is 0.400. The minimum absolute atomic E-state index is 0.0541. The summed E-state index contributed by atoms with van der Waals surface area (Å²) >= 11 is 0. The summed E-state index contributed by atoms with van der Waals surface area (Å²) in [6.45, 7) is 0. The minimum atomic E-state index is -0.0541. The SMILES string of the molecule is Cn1c(=O)n2n(c1=O)[C@@H]1C(=C3[C@@H]2[C@@H]2CC[C@@H]4CC[C@@H]3[C@H]42)[C@@H]2CC[C@@H]3CC[C@H]1[C@@H]32. The predicted octanol–water partition coefficient (Wildman–Crippen LogP) is 2.87. The zero-order valence-electron chi connectivity index (χ0n) is 16.6. The highest BCUT2D eigenvalue weighted by Gasteiger charge is 2.65. The molecule has 0 bridgehead atoms. The number of fused-ring (bicyclic) bond motifs is 9. The van der Waals surface area contributed by atoms with Crippen molar-refractivity contribution in [2.45, 2.75) is 63.5 Å². The third-order valence-electron chi connectivity index (χ3n) is 10.8. The van der Waals surface area contributed by atoms with Gasteiger partial charge in [0.2, 0.25) is 0 Å². The molecule has 0 spiro atoms. The standard InChI is InChI=1S/C23H29N3O2/c1-24-22(27)25-20-14-8-4-10-2-6-12(16(10)14)18(20)19-13-7-3-11-5-9-15(17(11)13)21(19)26(25)23(24)28/h10-17,20-21H,2-9H2,1H3/t10-,11+,12-,13-,14+,15-,16+,17+,20+,21+/m1/s1. The van der Waals surface area contributed by atoms with Gasteiger partial charge in [0, 0.05) is 7.05 Å². The molecule has 8 rings (SSSR count). The summed E-state index contributed by atoms with van der Waals surface area (Å²) in [6.07, 6.45) is 10.7. The van der Waals surface area contributed by atoms with Gasteiger partial charge in [-0.1, -0.05) is 0 Å². The van der Waals surface area contributed by atoms with Gasteiger partial charge < -0.3 is 0 Å². The number of allylic oxidation sites excluding steroid dienone is 2. The van der Waals surface area contributed by atoms with Crippen LogP contribution in [0.2, 0.25) is 0 Å². The number of aromatic nitrogens is 3. The molecule has 2 heterocycles. The van der Waals surface area contributed by atoms with Crippen molar-refractivity contribution in [2.75, 3.05) is 0 Å². The third kappa shape index (κ3) is 1.39. The van der Waals surface area contributed by atoms with Crippen LogP contribution in [0.25, 0.3) is 0 Å². The minimum Gasteiger partial charge on any atom is -0.246 e. The lowest BCUT2D eigenvalue weighted by atomic mass is 9.83. The molecule has 1 aliphatic heterocycles. The molecule has 5 heteroatoms. The Labute approximate surface area is 164 Å². The van der Waals surface area contributed by atoms with Crippen molar-refractivity contribution in [2.24, 2.45) is 54.4 Å². The Morgan fingerprint density at radius 3 is 1.54 bits per heavy atom. The first-order chi connectivity index (χ1) is 13.7. The Kier molecular flexibility index (Phi) is 2.53. The molecule has 28 heavy (non-hydrogen) atoms. The van der Waals surface area contributed by atoms with Crippen LogP contribution in [0.4, 0.5) is 0 Å². The van der Waals surface area contributed by atoms with Gasteiger partial charge in [-0.05, 0) is 110 Å². The van der Waals surface area contributed by atoms with E-state index < -0.39 is 0 Å². The van der Waals surface area contributed by atoms with E-state index >= 15 is 0 Å². The van der Waals surface area contributed by atoms with Crippen LogP contribution in [-0.4, -0.2) is 13.9 Å². The van der Waals surface area contributed by atoms with Gasteiger partial charge in [0.1, 0.15) is 0 Å². The van der Waals surface area contributed by atoms with Crippen LogP contribution in [0, 0.1) is 47.3 Å². The van der Waals surface area contributed by atoms with Crippen molar-refractivity contribution in [1.82, 2.24) is 13.9 Å². The van der Waals surface area contributed by atoms with E-state index in [1.165, 1.54) is 55.9 Å². The molecular formula is C23H29N3O2. The quantitative estimate of drug-likeness (QED) is 0.651. The van der Waals surface area contributed by atoms with Crippen molar-refractivity contribution in [3.63, 3.8) is 0 Å². The topological polar surface area (TPSA) is 48.9 Å².